The number of aromatic nitrogens is 1. The van der Waals surface area contributed by atoms with Crippen LogP contribution in [0.3, 0.4) is 0 Å². The van der Waals surface area contributed by atoms with Gasteiger partial charge in [0.25, 0.3) is 5.22 Å². The maximum atomic E-state index is 10.3. The highest BCUT2D eigenvalue weighted by molar-refractivity contribution is 7.99. The van der Waals surface area contributed by atoms with Crippen molar-refractivity contribution < 1.29 is 19.4 Å². The van der Waals surface area contributed by atoms with Crippen LogP contribution in [-0.2, 0) is 4.79 Å². The molecule has 1 atom stereocenters. The molecule has 1 heterocycles. The van der Waals surface area contributed by atoms with Crippen LogP contribution < -0.4 is 0 Å². The van der Waals surface area contributed by atoms with Crippen molar-refractivity contribution >= 4 is 17.7 Å². The molecule has 0 aliphatic heterocycles. The van der Waals surface area contributed by atoms with Crippen molar-refractivity contribution in [3.63, 3.8) is 0 Å². The summed E-state index contributed by atoms with van der Waals surface area (Å²) in [6.45, 7) is 3.64. The zero-order chi connectivity index (χ0) is 11.4. The van der Waals surface area contributed by atoms with Gasteiger partial charge in [-0.25, -0.2) is 4.98 Å². The molecule has 0 fully saturated rings. The molecule has 1 aromatic heterocycles. The third-order valence-corrected chi connectivity index (χ3v) is 2.79. The van der Waals surface area contributed by atoms with E-state index in [-0.39, 0.29) is 12.2 Å². The summed E-state index contributed by atoms with van der Waals surface area (Å²) in [5, 5.41) is 18.2. The molecule has 15 heavy (non-hydrogen) atoms. The molecular weight excluding hydrogens is 218 g/mol. The lowest BCUT2D eigenvalue weighted by molar-refractivity contribution is -0.138. The minimum atomic E-state index is -1.01. The Morgan fingerprint density at radius 2 is 2.27 bits per heavy atom. The molecule has 84 valence electrons. The number of hydrogen-bond acceptors (Lipinski definition) is 5. The van der Waals surface area contributed by atoms with Gasteiger partial charge in [-0.15, -0.1) is 0 Å². The molecule has 2 N–H and O–H groups in total. The number of rotatable bonds is 5. The van der Waals surface area contributed by atoms with E-state index in [0.717, 1.165) is 11.5 Å². The fourth-order valence-corrected chi connectivity index (χ4v) is 1.77. The number of carbonyl (C=O) groups is 1. The van der Waals surface area contributed by atoms with Crippen LogP contribution in [0.2, 0.25) is 0 Å². The van der Waals surface area contributed by atoms with Crippen LogP contribution in [0.5, 0.6) is 0 Å². The lowest BCUT2D eigenvalue weighted by Gasteiger charge is -2.04. The Bertz CT molecular complexity index is 330. The van der Waals surface area contributed by atoms with Gasteiger partial charge in [-0.3, -0.25) is 4.79 Å². The van der Waals surface area contributed by atoms with Gasteiger partial charge < -0.3 is 14.6 Å². The first kappa shape index (κ1) is 12.1. The zero-order valence-electron chi connectivity index (χ0n) is 8.56. The van der Waals surface area contributed by atoms with Crippen LogP contribution in [0.4, 0.5) is 0 Å². The highest BCUT2D eigenvalue weighted by Crippen LogP contribution is 2.21. The van der Waals surface area contributed by atoms with Crippen LogP contribution in [0.15, 0.2) is 9.64 Å². The Labute approximate surface area is 91.5 Å². The van der Waals surface area contributed by atoms with Crippen molar-refractivity contribution in [3.8, 4) is 0 Å². The largest absolute Gasteiger partial charge is 0.481 e. The van der Waals surface area contributed by atoms with Gasteiger partial charge in [0.2, 0.25) is 0 Å². The molecule has 6 heteroatoms. The van der Waals surface area contributed by atoms with E-state index in [1.807, 2.05) is 6.92 Å². The average Bonchev–Trinajstić information content (AvgIpc) is 2.42. The number of nitrogens with zero attached hydrogens (tertiary/aromatic N) is 1. The van der Waals surface area contributed by atoms with Crippen LogP contribution in [-0.4, -0.2) is 33.0 Å². The monoisotopic (exact) mass is 231 g/mol. The topological polar surface area (TPSA) is 83.6 Å². The van der Waals surface area contributed by atoms with Gasteiger partial charge in [-0.05, 0) is 13.8 Å². The van der Waals surface area contributed by atoms with E-state index < -0.39 is 12.1 Å². The summed E-state index contributed by atoms with van der Waals surface area (Å²) in [4.78, 5) is 14.4. The third-order valence-electron chi connectivity index (χ3n) is 1.82. The number of thioether (sulfide) groups is 1. The summed E-state index contributed by atoms with van der Waals surface area (Å²) in [6.07, 6.45) is -1.13. The Hall–Kier alpha value is -1.01. The summed E-state index contributed by atoms with van der Waals surface area (Å²) in [5.74, 6) is -0.000750. The molecule has 0 spiro atoms. The second-order valence-corrected chi connectivity index (χ2v) is 4.16. The van der Waals surface area contributed by atoms with Gasteiger partial charge >= 0.3 is 5.97 Å². The molecule has 0 aliphatic carbocycles. The second kappa shape index (κ2) is 5.18. The molecule has 5 nitrogen and oxygen atoms in total. The third kappa shape index (κ3) is 3.93. The highest BCUT2D eigenvalue weighted by atomic mass is 32.2. The predicted molar refractivity (Wildman–Crippen MR) is 55.0 cm³/mol. The second-order valence-electron chi connectivity index (χ2n) is 3.18. The standard InChI is InChI=1S/C9H13NO4S/c1-5-6(2)14-9(10-5)15-4-7(11)3-8(12)13/h7,11H,3-4H2,1-2H3,(H,12,13). The van der Waals surface area contributed by atoms with Crippen LogP contribution in [0.25, 0.3) is 0 Å². The predicted octanol–water partition coefficient (Wildman–Crippen LogP) is 1.22. The first-order valence-electron chi connectivity index (χ1n) is 4.45. The molecule has 0 aromatic carbocycles. The van der Waals surface area contributed by atoms with E-state index in [0.29, 0.717) is 5.22 Å². The van der Waals surface area contributed by atoms with E-state index in [2.05, 4.69) is 4.98 Å². The molecule has 0 bridgehead atoms. The average molecular weight is 231 g/mol. The van der Waals surface area contributed by atoms with Crippen molar-refractivity contribution in [2.45, 2.75) is 31.6 Å². The SMILES string of the molecule is Cc1nc(SCC(O)CC(=O)O)oc1C. The Kier molecular flexibility index (Phi) is 4.16. The van der Waals surface area contributed by atoms with Crippen LogP contribution in [0, 0.1) is 13.8 Å². The van der Waals surface area contributed by atoms with Crippen molar-refractivity contribution in [1.82, 2.24) is 4.98 Å². The van der Waals surface area contributed by atoms with E-state index in [1.54, 1.807) is 6.92 Å². The molecule has 0 amide bonds. The van der Waals surface area contributed by atoms with E-state index in [1.165, 1.54) is 11.8 Å². The van der Waals surface area contributed by atoms with E-state index in [4.69, 9.17) is 9.52 Å². The lowest BCUT2D eigenvalue weighted by Crippen LogP contribution is -2.15. The lowest BCUT2D eigenvalue weighted by atomic mass is 10.3. The maximum absolute atomic E-state index is 10.3. The molecule has 0 radical (unpaired) electrons. The number of aliphatic hydroxyl groups excluding tert-OH is 1. The Balaban J connectivity index is 2.40. The summed E-state index contributed by atoms with van der Waals surface area (Å²) in [5.41, 5.74) is 0.810. The zero-order valence-corrected chi connectivity index (χ0v) is 9.37. The first-order valence-corrected chi connectivity index (χ1v) is 5.44. The summed E-state index contributed by atoms with van der Waals surface area (Å²) < 4.78 is 5.26. The van der Waals surface area contributed by atoms with Gasteiger partial charge in [0.05, 0.1) is 18.2 Å². The van der Waals surface area contributed by atoms with Crippen molar-refractivity contribution in [3.05, 3.63) is 11.5 Å². The fraction of sp³-hybridized carbons (Fsp3) is 0.556. The smallest absolute Gasteiger partial charge is 0.306 e. The quantitative estimate of drug-likeness (QED) is 0.741. The van der Waals surface area contributed by atoms with Crippen molar-refractivity contribution in [2.24, 2.45) is 0 Å². The minimum absolute atomic E-state index is 0.258. The summed E-state index contributed by atoms with van der Waals surface area (Å²) in [6, 6.07) is 0. The maximum Gasteiger partial charge on any atom is 0.306 e. The van der Waals surface area contributed by atoms with Crippen molar-refractivity contribution in [2.75, 3.05) is 5.75 Å². The number of oxazole rings is 1. The van der Waals surface area contributed by atoms with Gasteiger partial charge in [0.1, 0.15) is 5.76 Å². The molecule has 1 rings (SSSR count). The minimum Gasteiger partial charge on any atom is -0.481 e. The fourth-order valence-electron chi connectivity index (χ4n) is 0.933. The van der Waals surface area contributed by atoms with Gasteiger partial charge in [-0.1, -0.05) is 11.8 Å². The number of aryl methyl sites for hydroxylation is 2. The van der Waals surface area contributed by atoms with Crippen LogP contribution >= 0.6 is 11.8 Å². The summed E-state index contributed by atoms with van der Waals surface area (Å²) in [7, 11) is 0. The number of carboxylic acid groups (broad SMARTS) is 1. The van der Waals surface area contributed by atoms with Gasteiger partial charge in [-0.2, -0.15) is 0 Å². The normalized spacial score (nSPS) is 12.7. The van der Waals surface area contributed by atoms with Gasteiger partial charge in [0.15, 0.2) is 0 Å². The summed E-state index contributed by atoms with van der Waals surface area (Å²) >= 11 is 1.21. The number of aliphatic hydroxyl groups is 1. The Morgan fingerprint density at radius 1 is 1.60 bits per heavy atom. The van der Waals surface area contributed by atoms with Gasteiger partial charge in [0, 0.05) is 5.75 Å². The number of hydrogen-bond donors (Lipinski definition) is 2. The molecule has 0 aliphatic rings. The van der Waals surface area contributed by atoms with E-state index >= 15 is 0 Å². The number of carboxylic acids is 1. The van der Waals surface area contributed by atoms with E-state index in [9.17, 15) is 9.90 Å². The molecular formula is C9H13NO4S. The highest BCUT2D eigenvalue weighted by Gasteiger charge is 2.12. The Morgan fingerprint density at radius 3 is 2.73 bits per heavy atom. The molecule has 1 aromatic rings. The number of aliphatic carboxylic acids is 1. The molecule has 0 saturated carbocycles. The first-order chi connectivity index (χ1) is 6.99. The molecule has 1 unspecified atom stereocenters. The molecule has 0 saturated heterocycles. The van der Waals surface area contributed by atoms with Crippen LogP contribution in [0.1, 0.15) is 17.9 Å². The van der Waals surface area contributed by atoms with Crippen molar-refractivity contribution in [1.29, 1.82) is 0 Å².